The molecule has 0 aromatic heterocycles. The van der Waals surface area contributed by atoms with Crippen LogP contribution in [0.3, 0.4) is 0 Å². The molecule has 0 atom stereocenters. The Morgan fingerprint density at radius 3 is 2.28 bits per heavy atom. The highest BCUT2D eigenvalue weighted by Crippen LogP contribution is 2.13. The number of benzene rings is 2. The Kier molecular flexibility index (Phi) is 3.46. The van der Waals surface area contributed by atoms with Crippen LogP contribution in [0.2, 0.25) is 0 Å². The summed E-state index contributed by atoms with van der Waals surface area (Å²) in [6.45, 7) is 0. The molecule has 2 aromatic rings. The number of hydrogen-bond acceptors (Lipinski definition) is 1. The second-order valence-corrected chi connectivity index (χ2v) is 3.83. The molecule has 92 valence electrons. The summed E-state index contributed by atoms with van der Waals surface area (Å²) in [5.41, 5.74) is 0.254. The van der Waals surface area contributed by atoms with Crippen molar-refractivity contribution in [2.45, 2.75) is 6.42 Å². The average molecular weight is 250 g/mol. The molecule has 0 aliphatic carbocycles. The largest absolute Gasteiger partial charge is 0.294 e. The van der Waals surface area contributed by atoms with Gasteiger partial charge in [-0.1, -0.05) is 18.2 Å². The molecule has 2 aromatic carbocycles. The van der Waals surface area contributed by atoms with Crippen molar-refractivity contribution in [3.8, 4) is 0 Å². The molecule has 0 radical (unpaired) electrons. The van der Waals surface area contributed by atoms with Gasteiger partial charge < -0.3 is 0 Å². The van der Waals surface area contributed by atoms with E-state index in [1.165, 1.54) is 24.3 Å². The Morgan fingerprint density at radius 2 is 1.61 bits per heavy atom. The van der Waals surface area contributed by atoms with Crippen LogP contribution >= 0.6 is 0 Å². The second kappa shape index (κ2) is 5.04. The first-order chi connectivity index (χ1) is 8.58. The molecular formula is C14H9F3O. The minimum atomic E-state index is -1.02. The summed E-state index contributed by atoms with van der Waals surface area (Å²) in [7, 11) is 0. The highest BCUT2D eigenvalue weighted by Gasteiger charge is 2.12. The molecule has 0 spiro atoms. The molecule has 0 aliphatic heterocycles. The molecule has 0 aliphatic rings. The van der Waals surface area contributed by atoms with Gasteiger partial charge in [-0.15, -0.1) is 0 Å². The number of carbonyl (C=O) groups excluding carboxylic acids is 1. The van der Waals surface area contributed by atoms with Crippen molar-refractivity contribution >= 4 is 5.78 Å². The molecule has 0 unspecified atom stereocenters. The Balaban J connectivity index is 2.22. The lowest BCUT2D eigenvalue weighted by atomic mass is 10.0. The maximum absolute atomic E-state index is 13.3. The summed E-state index contributed by atoms with van der Waals surface area (Å²) in [4.78, 5) is 11.8. The van der Waals surface area contributed by atoms with E-state index in [0.29, 0.717) is 5.56 Å². The van der Waals surface area contributed by atoms with Crippen molar-refractivity contribution in [3.63, 3.8) is 0 Å². The highest BCUT2D eigenvalue weighted by atomic mass is 19.2. The fraction of sp³-hybridized carbons (Fsp3) is 0.0714. The van der Waals surface area contributed by atoms with Crippen LogP contribution in [0.4, 0.5) is 13.2 Å². The van der Waals surface area contributed by atoms with Crippen molar-refractivity contribution in [2.75, 3.05) is 0 Å². The first-order valence-corrected chi connectivity index (χ1v) is 5.29. The normalized spacial score (nSPS) is 10.4. The monoisotopic (exact) mass is 250 g/mol. The average Bonchev–Trinajstić information content (AvgIpc) is 2.34. The maximum Gasteiger partial charge on any atom is 0.170 e. The number of halogens is 3. The van der Waals surface area contributed by atoms with Gasteiger partial charge in [0.15, 0.2) is 17.4 Å². The summed E-state index contributed by atoms with van der Waals surface area (Å²) in [5.74, 6) is -3.09. The predicted molar refractivity (Wildman–Crippen MR) is 60.8 cm³/mol. The van der Waals surface area contributed by atoms with Gasteiger partial charge in [0.1, 0.15) is 5.82 Å². The third-order valence-electron chi connectivity index (χ3n) is 2.52. The molecule has 0 amide bonds. The van der Waals surface area contributed by atoms with Crippen LogP contribution in [0.5, 0.6) is 0 Å². The van der Waals surface area contributed by atoms with E-state index >= 15 is 0 Å². The van der Waals surface area contributed by atoms with E-state index in [-0.39, 0.29) is 12.0 Å². The first-order valence-electron chi connectivity index (χ1n) is 5.29. The van der Waals surface area contributed by atoms with E-state index in [4.69, 9.17) is 0 Å². The van der Waals surface area contributed by atoms with Crippen molar-refractivity contribution in [1.82, 2.24) is 0 Å². The molecule has 0 saturated heterocycles. The number of ketones is 1. The van der Waals surface area contributed by atoms with Crippen molar-refractivity contribution in [3.05, 3.63) is 71.0 Å². The van der Waals surface area contributed by atoms with E-state index in [0.717, 1.165) is 12.1 Å². The zero-order chi connectivity index (χ0) is 13.1. The van der Waals surface area contributed by atoms with E-state index in [2.05, 4.69) is 0 Å². The number of hydrogen-bond donors (Lipinski definition) is 0. The quantitative estimate of drug-likeness (QED) is 0.761. The molecule has 0 heterocycles. The lowest BCUT2D eigenvalue weighted by Gasteiger charge is -2.03. The molecule has 0 saturated carbocycles. The van der Waals surface area contributed by atoms with Crippen molar-refractivity contribution < 1.29 is 18.0 Å². The third kappa shape index (κ3) is 2.59. The van der Waals surface area contributed by atoms with Gasteiger partial charge in [-0.25, -0.2) is 13.2 Å². The smallest absolute Gasteiger partial charge is 0.170 e. The molecular weight excluding hydrogens is 241 g/mol. The lowest BCUT2D eigenvalue weighted by molar-refractivity contribution is 0.0989. The van der Waals surface area contributed by atoms with Crippen LogP contribution < -0.4 is 0 Å². The summed E-state index contributed by atoms with van der Waals surface area (Å²) in [6.07, 6.45) is -0.169. The van der Waals surface area contributed by atoms with Gasteiger partial charge in [-0.3, -0.25) is 4.79 Å². The molecule has 18 heavy (non-hydrogen) atoms. The van der Waals surface area contributed by atoms with Crippen LogP contribution in [0.25, 0.3) is 0 Å². The summed E-state index contributed by atoms with van der Waals surface area (Å²) in [5, 5.41) is 0. The molecule has 2 rings (SSSR count). The maximum atomic E-state index is 13.3. The molecule has 1 nitrogen and oxygen atoms in total. The Morgan fingerprint density at radius 1 is 0.889 bits per heavy atom. The number of rotatable bonds is 3. The van der Waals surface area contributed by atoms with Gasteiger partial charge in [0, 0.05) is 6.42 Å². The molecule has 0 fully saturated rings. The Hall–Kier alpha value is -2.10. The van der Waals surface area contributed by atoms with Crippen molar-refractivity contribution in [1.29, 1.82) is 0 Å². The Bertz CT molecular complexity index is 593. The Labute approximate surface area is 102 Å². The van der Waals surface area contributed by atoms with E-state index in [1.807, 2.05) is 0 Å². The number of carbonyl (C=O) groups is 1. The van der Waals surface area contributed by atoms with Gasteiger partial charge in [0.05, 0.1) is 5.56 Å². The summed E-state index contributed by atoms with van der Waals surface area (Å²) < 4.78 is 39.0. The molecule has 4 heteroatoms. The summed E-state index contributed by atoms with van der Waals surface area (Å²) in [6, 6.07) is 8.74. The standard InChI is InChI=1S/C14H9F3O/c15-11-4-2-1-3-10(11)14(18)8-9-5-6-12(16)13(17)7-9/h1-7H,8H2. The second-order valence-electron chi connectivity index (χ2n) is 3.83. The zero-order valence-electron chi connectivity index (χ0n) is 9.29. The first kappa shape index (κ1) is 12.4. The lowest BCUT2D eigenvalue weighted by Crippen LogP contribution is -2.06. The van der Waals surface area contributed by atoms with Gasteiger partial charge in [-0.2, -0.15) is 0 Å². The van der Waals surface area contributed by atoms with Crippen LogP contribution in [0.15, 0.2) is 42.5 Å². The topological polar surface area (TPSA) is 17.1 Å². The van der Waals surface area contributed by atoms with Crippen molar-refractivity contribution in [2.24, 2.45) is 0 Å². The van der Waals surface area contributed by atoms with E-state index in [1.54, 1.807) is 6.07 Å². The number of Topliss-reactive ketones (excluding diaryl/α,β-unsaturated/α-hetero) is 1. The van der Waals surface area contributed by atoms with Crippen LogP contribution in [0, 0.1) is 17.5 Å². The van der Waals surface area contributed by atoms with Gasteiger partial charge in [0.25, 0.3) is 0 Å². The fourth-order valence-corrected chi connectivity index (χ4v) is 1.62. The van der Waals surface area contributed by atoms with Crippen LogP contribution in [0.1, 0.15) is 15.9 Å². The third-order valence-corrected chi connectivity index (χ3v) is 2.52. The van der Waals surface area contributed by atoms with Gasteiger partial charge in [-0.05, 0) is 29.8 Å². The SMILES string of the molecule is O=C(Cc1ccc(F)c(F)c1)c1ccccc1F. The van der Waals surface area contributed by atoms with Gasteiger partial charge in [0.2, 0.25) is 0 Å². The van der Waals surface area contributed by atoms with Gasteiger partial charge >= 0.3 is 0 Å². The highest BCUT2D eigenvalue weighted by molar-refractivity contribution is 5.97. The predicted octanol–water partition coefficient (Wildman–Crippen LogP) is 3.53. The minimum Gasteiger partial charge on any atom is -0.294 e. The van der Waals surface area contributed by atoms with Crippen LogP contribution in [-0.4, -0.2) is 5.78 Å². The van der Waals surface area contributed by atoms with Crippen LogP contribution in [-0.2, 0) is 6.42 Å². The van der Waals surface area contributed by atoms with E-state index < -0.39 is 23.2 Å². The fourth-order valence-electron chi connectivity index (χ4n) is 1.62. The minimum absolute atomic E-state index is 0.0535. The molecule has 0 bridgehead atoms. The molecule has 0 N–H and O–H groups in total. The summed E-state index contributed by atoms with van der Waals surface area (Å²) >= 11 is 0. The zero-order valence-corrected chi connectivity index (χ0v) is 9.29. The van der Waals surface area contributed by atoms with E-state index in [9.17, 15) is 18.0 Å².